The van der Waals surface area contributed by atoms with Gasteiger partial charge in [-0.3, -0.25) is 9.98 Å². The van der Waals surface area contributed by atoms with Crippen LogP contribution in [-0.2, 0) is 0 Å². The number of nitrogens with zero attached hydrogens (tertiary/aromatic N) is 3. The van der Waals surface area contributed by atoms with Crippen molar-refractivity contribution in [3.05, 3.63) is 23.8 Å². The summed E-state index contributed by atoms with van der Waals surface area (Å²) in [6, 6.07) is 0.142. The first-order valence-electron chi connectivity index (χ1n) is 5.93. The van der Waals surface area contributed by atoms with Crippen LogP contribution in [0.2, 0.25) is 0 Å². The lowest BCUT2D eigenvalue weighted by atomic mass is 9.96. The molecule has 1 unspecified atom stereocenters. The zero-order valence-electron chi connectivity index (χ0n) is 10.4. The average molecular weight is 248 g/mol. The lowest BCUT2D eigenvalue weighted by Gasteiger charge is -2.27. The van der Waals surface area contributed by atoms with E-state index in [0.717, 1.165) is 12.3 Å². The van der Waals surface area contributed by atoms with Gasteiger partial charge in [0.15, 0.2) is 5.69 Å². The second kappa shape index (κ2) is 5.22. The van der Waals surface area contributed by atoms with Crippen molar-refractivity contribution in [1.82, 2.24) is 15.3 Å². The van der Waals surface area contributed by atoms with Crippen LogP contribution in [0.1, 0.15) is 30.0 Å². The monoisotopic (exact) mass is 248 g/mol. The van der Waals surface area contributed by atoms with Crippen LogP contribution >= 0.6 is 0 Å². The van der Waals surface area contributed by atoms with Gasteiger partial charge in [0.1, 0.15) is 5.69 Å². The van der Waals surface area contributed by atoms with Gasteiger partial charge in [0, 0.05) is 6.54 Å². The number of carbonyl (C=O) groups is 1. The van der Waals surface area contributed by atoms with Crippen LogP contribution in [0.4, 0.5) is 0 Å². The van der Waals surface area contributed by atoms with E-state index in [9.17, 15) is 4.79 Å². The third-order valence-electron chi connectivity index (χ3n) is 2.85. The average Bonchev–Trinajstić information content (AvgIpc) is 2.39. The zero-order valence-corrected chi connectivity index (χ0v) is 10.4. The summed E-state index contributed by atoms with van der Waals surface area (Å²) in [4.78, 5) is 23.2. The molecule has 1 aromatic rings. The summed E-state index contributed by atoms with van der Waals surface area (Å²) in [6.45, 7) is 5.78. The Morgan fingerprint density at radius 3 is 2.78 bits per heavy atom. The number of carboxylic acid groups (broad SMARTS) is 1. The Balaban J connectivity index is 2.29. The van der Waals surface area contributed by atoms with Crippen molar-refractivity contribution >= 4 is 11.7 Å². The molecule has 1 atom stereocenters. The maximum Gasteiger partial charge on any atom is 0.356 e. The van der Waals surface area contributed by atoms with E-state index in [1.807, 2.05) is 0 Å². The Kier molecular flexibility index (Phi) is 3.66. The number of aliphatic imine (C=N–C) groups is 1. The molecule has 1 aliphatic heterocycles. The first-order chi connectivity index (χ1) is 8.59. The molecule has 96 valence electrons. The predicted molar refractivity (Wildman–Crippen MR) is 67.0 cm³/mol. The molecule has 0 bridgehead atoms. The number of hydrogen-bond acceptors (Lipinski definition) is 5. The van der Waals surface area contributed by atoms with Gasteiger partial charge in [0.2, 0.25) is 0 Å². The Labute approximate surface area is 105 Å². The molecule has 2 heterocycles. The summed E-state index contributed by atoms with van der Waals surface area (Å²) in [6.07, 6.45) is 2.75. The molecule has 0 aromatic carbocycles. The molecular formula is C12H16N4O2. The van der Waals surface area contributed by atoms with Crippen LogP contribution in [-0.4, -0.2) is 45.9 Å². The van der Waals surface area contributed by atoms with Crippen LogP contribution in [0.25, 0.3) is 0 Å². The quantitative estimate of drug-likeness (QED) is 0.817. The normalized spacial score (nSPS) is 19.7. The predicted octanol–water partition coefficient (Wildman–Crippen LogP) is 0.592. The zero-order chi connectivity index (χ0) is 13.1. The minimum atomic E-state index is -1.07. The van der Waals surface area contributed by atoms with Crippen LogP contribution in [0.3, 0.4) is 0 Å². The number of aromatic nitrogens is 2. The fraction of sp³-hybridized carbons (Fsp3) is 0.500. The van der Waals surface area contributed by atoms with Gasteiger partial charge in [-0.25, -0.2) is 9.78 Å². The van der Waals surface area contributed by atoms with Crippen molar-refractivity contribution < 1.29 is 9.90 Å². The number of nitrogens with one attached hydrogen (secondary N) is 1. The summed E-state index contributed by atoms with van der Waals surface area (Å²) in [5, 5.41) is 12.2. The highest BCUT2D eigenvalue weighted by atomic mass is 16.4. The first-order valence-corrected chi connectivity index (χ1v) is 5.93. The van der Waals surface area contributed by atoms with Crippen LogP contribution < -0.4 is 5.32 Å². The Morgan fingerprint density at radius 1 is 1.44 bits per heavy atom. The molecule has 1 aromatic heterocycles. The highest BCUT2D eigenvalue weighted by molar-refractivity contribution is 6.03. The minimum absolute atomic E-state index is 0.0517. The summed E-state index contributed by atoms with van der Waals surface area (Å²) >= 11 is 0. The molecular weight excluding hydrogens is 232 g/mol. The minimum Gasteiger partial charge on any atom is -0.476 e. The van der Waals surface area contributed by atoms with Gasteiger partial charge in [0.05, 0.1) is 30.7 Å². The van der Waals surface area contributed by atoms with Gasteiger partial charge < -0.3 is 10.4 Å². The second-order valence-corrected chi connectivity index (χ2v) is 4.53. The number of rotatable bonds is 3. The lowest BCUT2D eigenvalue weighted by Crippen LogP contribution is -2.46. The van der Waals surface area contributed by atoms with Gasteiger partial charge >= 0.3 is 5.97 Å². The maximum atomic E-state index is 10.7. The van der Waals surface area contributed by atoms with E-state index in [1.165, 1.54) is 12.4 Å². The molecule has 18 heavy (non-hydrogen) atoms. The number of carboxylic acids is 1. The summed E-state index contributed by atoms with van der Waals surface area (Å²) < 4.78 is 0. The third kappa shape index (κ3) is 2.53. The molecule has 6 heteroatoms. The molecule has 0 fully saturated rings. The third-order valence-corrected chi connectivity index (χ3v) is 2.85. The Hall–Kier alpha value is -1.82. The second-order valence-electron chi connectivity index (χ2n) is 4.53. The molecule has 2 N–H and O–H groups in total. The molecule has 0 aliphatic carbocycles. The lowest BCUT2D eigenvalue weighted by molar-refractivity contribution is 0.0690. The summed E-state index contributed by atoms with van der Waals surface area (Å²) in [7, 11) is 0. The highest BCUT2D eigenvalue weighted by Gasteiger charge is 2.24. The van der Waals surface area contributed by atoms with Gasteiger partial charge in [-0.05, 0) is 5.92 Å². The molecule has 0 saturated carbocycles. The molecule has 0 radical (unpaired) electrons. The van der Waals surface area contributed by atoms with Gasteiger partial charge in [0.25, 0.3) is 0 Å². The molecule has 0 saturated heterocycles. The molecule has 0 amide bonds. The van der Waals surface area contributed by atoms with E-state index < -0.39 is 5.97 Å². The molecule has 2 rings (SSSR count). The highest BCUT2D eigenvalue weighted by Crippen LogP contribution is 2.12. The molecule has 6 nitrogen and oxygen atoms in total. The van der Waals surface area contributed by atoms with Gasteiger partial charge in [-0.15, -0.1) is 0 Å². The van der Waals surface area contributed by atoms with E-state index in [-0.39, 0.29) is 11.7 Å². The number of aromatic carboxylic acids is 1. The molecule has 0 spiro atoms. The standard InChI is InChI=1S/C12H16N4O2/c1-7(2)10-11(14-4-3-13-10)8-5-16-9(6-15-8)12(17)18/h5-7,10,13H,3-4H2,1-2H3,(H,17,18). The Morgan fingerprint density at radius 2 is 2.22 bits per heavy atom. The van der Waals surface area contributed by atoms with E-state index in [4.69, 9.17) is 5.11 Å². The van der Waals surface area contributed by atoms with Gasteiger partial charge in [-0.1, -0.05) is 13.8 Å². The fourth-order valence-corrected chi connectivity index (χ4v) is 1.95. The topological polar surface area (TPSA) is 87.5 Å². The van der Waals surface area contributed by atoms with E-state index in [1.54, 1.807) is 0 Å². The van der Waals surface area contributed by atoms with E-state index >= 15 is 0 Å². The van der Waals surface area contributed by atoms with Crippen molar-refractivity contribution in [1.29, 1.82) is 0 Å². The smallest absolute Gasteiger partial charge is 0.356 e. The number of hydrogen-bond donors (Lipinski definition) is 2. The summed E-state index contributed by atoms with van der Waals surface area (Å²) in [5.41, 5.74) is 1.45. The summed E-state index contributed by atoms with van der Waals surface area (Å²) in [5.74, 6) is -0.678. The Bertz CT molecular complexity index is 467. The van der Waals surface area contributed by atoms with Crippen molar-refractivity contribution in [2.24, 2.45) is 10.9 Å². The van der Waals surface area contributed by atoms with Crippen molar-refractivity contribution in [3.8, 4) is 0 Å². The fourth-order valence-electron chi connectivity index (χ4n) is 1.95. The molecule has 1 aliphatic rings. The largest absolute Gasteiger partial charge is 0.476 e. The first kappa shape index (κ1) is 12.6. The maximum absolute atomic E-state index is 10.7. The van der Waals surface area contributed by atoms with Gasteiger partial charge in [-0.2, -0.15) is 0 Å². The van der Waals surface area contributed by atoms with Crippen molar-refractivity contribution in [2.75, 3.05) is 13.1 Å². The van der Waals surface area contributed by atoms with Crippen molar-refractivity contribution in [2.45, 2.75) is 19.9 Å². The van der Waals surface area contributed by atoms with E-state index in [0.29, 0.717) is 18.2 Å². The van der Waals surface area contributed by atoms with E-state index in [2.05, 4.69) is 34.1 Å². The van der Waals surface area contributed by atoms with Crippen LogP contribution in [0.5, 0.6) is 0 Å². The SMILES string of the molecule is CC(C)C1NCCN=C1c1cnc(C(=O)O)cn1. The van der Waals surface area contributed by atoms with Crippen LogP contribution in [0.15, 0.2) is 17.4 Å². The van der Waals surface area contributed by atoms with Crippen molar-refractivity contribution in [3.63, 3.8) is 0 Å². The van der Waals surface area contributed by atoms with Crippen LogP contribution in [0, 0.1) is 5.92 Å².